The predicted molar refractivity (Wildman–Crippen MR) is 83.8 cm³/mol. The van der Waals surface area contributed by atoms with Gasteiger partial charge < -0.3 is 0 Å². The molecule has 0 saturated heterocycles. The fraction of sp³-hybridized carbons (Fsp3) is 0.429. The van der Waals surface area contributed by atoms with E-state index in [-0.39, 0.29) is 5.78 Å². The van der Waals surface area contributed by atoms with Crippen LogP contribution in [0.4, 0.5) is 0 Å². The number of thiophene rings is 1. The first-order valence-electron chi connectivity index (χ1n) is 6.42. The lowest BCUT2D eigenvalue weighted by atomic mass is 10.2. The summed E-state index contributed by atoms with van der Waals surface area (Å²) in [4.78, 5) is 13.1. The topological polar surface area (TPSA) is 32.7 Å². The van der Waals surface area contributed by atoms with Crippen molar-refractivity contribution in [3.63, 3.8) is 0 Å². The van der Waals surface area contributed by atoms with E-state index in [4.69, 9.17) is 0 Å². The molecule has 1 aliphatic heterocycles. The van der Waals surface area contributed by atoms with E-state index in [0.717, 1.165) is 39.9 Å². The molecule has 0 N–H and O–H groups in total. The highest BCUT2D eigenvalue weighted by Gasteiger charge is 2.20. The third-order valence-corrected chi connectivity index (χ3v) is 4.78. The van der Waals surface area contributed by atoms with Crippen LogP contribution < -0.4 is 0 Å². The Morgan fingerprint density at radius 1 is 1.47 bits per heavy atom. The molecule has 0 bridgehead atoms. The molecule has 1 aliphatic rings. The van der Waals surface area contributed by atoms with Crippen LogP contribution in [0.25, 0.3) is 0 Å². The van der Waals surface area contributed by atoms with Crippen molar-refractivity contribution >= 4 is 33.9 Å². The number of thioether (sulfide) groups is 1. The van der Waals surface area contributed by atoms with Gasteiger partial charge in [0, 0.05) is 12.6 Å². The molecule has 0 fully saturated rings. The molecular formula is C14H18N2OS2. The smallest absolute Gasteiger partial charge is 0.198 e. The molecule has 19 heavy (non-hydrogen) atoms. The van der Waals surface area contributed by atoms with Crippen molar-refractivity contribution in [1.29, 1.82) is 0 Å². The third kappa shape index (κ3) is 3.48. The number of carbonyl (C=O) groups is 1. The number of rotatable bonds is 5. The number of allylic oxidation sites excluding steroid dienone is 1. The Morgan fingerprint density at radius 2 is 2.26 bits per heavy atom. The Hall–Kier alpha value is -1.07. The molecule has 0 atom stereocenters. The molecule has 2 heterocycles. The first-order chi connectivity index (χ1) is 9.11. The predicted octanol–water partition coefficient (Wildman–Crippen LogP) is 4.26. The van der Waals surface area contributed by atoms with Crippen molar-refractivity contribution in [1.82, 2.24) is 5.01 Å². The average Bonchev–Trinajstić information content (AvgIpc) is 2.93. The number of aryl methyl sites for hydroxylation is 1. The van der Waals surface area contributed by atoms with Crippen molar-refractivity contribution in [3.05, 3.63) is 33.0 Å². The number of hydrogen-bond donors (Lipinski definition) is 0. The van der Waals surface area contributed by atoms with Crippen molar-refractivity contribution < 1.29 is 4.79 Å². The maximum atomic E-state index is 12.3. The molecule has 0 aromatic carbocycles. The molecule has 0 spiro atoms. The lowest BCUT2D eigenvalue weighted by Gasteiger charge is -2.14. The van der Waals surface area contributed by atoms with Crippen molar-refractivity contribution in [2.24, 2.45) is 5.10 Å². The van der Waals surface area contributed by atoms with E-state index in [1.165, 1.54) is 11.3 Å². The van der Waals surface area contributed by atoms with Gasteiger partial charge in [-0.05, 0) is 37.3 Å². The summed E-state index contributed by atoms with van der Waals surface area (Å²) in [5.41, 5.74) is 1.05. The highest BCUT2D eigenvalue weighted by atomic mass is 32.2. The van der Waals surface area contributed by atoms with Gasteiger partial charge in [-0.1, -0.05) is 25.1 Å². The van der Waals surface area contributed by atoms with E-state index < -0.39 is 0 Å². The van der Waals surface area contributed by atoms with Gasteiger partial charge in [0.05, 0.1) is 9.92 Å². The molecule has 0 amide bonds. The van der Waals surface area contributed by atoms with E-state index in [1.807, 2.05) is 30.3 Å². The summed E-state index contributed by atoms with van der Waals surface area (Å²) < 4.78 is 0. The normalized spacial score (nSPS) is 17.1. The van der Waals surface area contributed by atoms with E-state index in [9.17, 15) is 4.79 Å². The number of ketones is 1. The monoisotopic (exact) mass is 294 g/mol. The summed E-state index contributed by atoms with van der Waals surface area (Å²) in [7, 11) is 0. The van der Waals surface area contributed by atoms with Crippen LogP contribution in [-0.2, 0) is 0 Å². The maximum Gasteiger partial charge on any atom is 0.198 e. The van der Waals surface area contributed by atoms with Crippen LogP contribution in [0.5, 0.6) is 0 Å². The Labute approximate surface area is 122 Å². The summed E-state index contributed by atoms with van der Waals surface area (Å²) in [5, 5.41) is 10.3. The van der Waals surface area contributed by atoms with Crippen LogP contribution in [0.3, 0.4) is 0 Å². The second-order valence-electron chi connectivity index (χ2n) is 4.48. The average molecular weight is 294 g/mol. The number of unbranched alkanes of at least 4 members (excludes halogenated alkanes) is 1. The summed E-state index contributed by atoms with van der Waals surface area (Å²) in [6.45, 7) is 6.98. The molecular weight excluding hydrogens is 276 g/mol. The molecule has 102 valence electrons. The largest absolute Gasteiger partial charge is 0.288 e. The van der Waals surface area contributed by atoms with E-state index >= 15 is 0 Å². The maximum absolute atomic E-state index is 12.3. The van der Waals surface area contributed by atoms with Gasteiger partial charge >= 0.3 is 0 Å². The number of nitrogens with zero attached hydrogens (tertiary/aromatic N) is 2. The van der Waals surface area contributed by atoms with Crippen LogP contribution in [0.1, 0.15) is 41.9 Å². The molecule has 2 rings (SSSR count). The highest BCUT2D eigenvalue weighted by Crippen LogP contribution is 2.31. The van der Waals surface area contributed by atoms with Gasteiger partial charge in [0.15, 0.2) is 5.78 Å². The fourth-order valence-corrected chi connectivity index (χ4v) is 3.50. The van der Waals surface area contributed by atoms with Gasteiger partial charge in [-0.3, -0.25) is 9.80 Å². The third-order valence-electron chi connectivity index (χ3n) is 2.83. The second-order valence-corrected chi connectivity index (χ2v) is 6.61. The van der Waals surface area contributed by atoms with Crippen LogP contribution in [0, 0.1) is 6.92 Å². The van der Waals surface area contributed by atoms with Gasteiger partial charge in [-0.2, -0.15) is 5.10 Å². The zero-order valence-electron chi connectivity index (χ0n) is 11.5. The zero-order valence-corrected chi connectivity index (χ0v) is 13.1. The Kier molecular flexibility index (Phi) is 4.82. The molecule has 1 aromatic heterocycles. The Morgan fingerprint density at radius 3 is 2.89 bits per heavy atom. The van der Waals surface area contributed by atoms with E-state index in [2.05, 4.69) is 12.0 Å². The first kappa shape index (κ1) is 14.3. The molecule has 0 saturated carbocycles. The van der Waals surface area contributed by atoms with Crippen LogP contribution in [-0.4, -0.2) is 22.4 Å². The Bertz CT molecular complexity index is 531. The van der Waals surface area contributed by atoms with Crippen LogP contribution in [0.2, 0.25) is 0 Å². The highest BCUT2D eigenvalue weighted by molar-refractivity contribution is 8.17. The molecule has 0 aliphatic carbocycles. The van der Waals surface area contributed by atoms with Crippen molar-refractivity contribution in [2.75, 3.05) is 6.54 Å². The van der Waals surface area contributed by atoms with Gasteiger partial charge in [-0.25, -0.2) is 0 Å². The quantitative estimate of drug-likeness (QED) is 0.601. The number of hydrogen-bond acceptors (Lipinski definition) is 5. The molecule has 5 heteroatoms. The standard InChI is InChI=1S/C14H18N2OS2/c1-4-5-7-16-13(19-11(3)15-16)9-12(17)14-10(2)6-8-18-14/h6,8-9H,4-5,7H2,1-3H3/b13-9-. The molecule has 1 aromatic rings. The van der Waals surface area contributed by atoms with E-state index in [1.54, 1.807) is 17.8 Å². The van der Waals surface area contributed by atoms with Crippen molar-refractivity contribution in [2.45, 2.75) is 33.6 Å². The van der Waals surface area contributed by atoms with Gasteiger partial charge in [0.2, 0.25) is 0 Å². The fourth-order valence-electron chi connectivity index (χ4n) is 1.82. The minimum absolute atomic E-state index is 0.0846. The molecule has 0 radical (unpaired) electrons. The van der Waals surface area contributed by atoms with Crippen LogP contribution >= 0.6 is 23.1 Å². The summed E-state index contributed by atoms with van der Waals surface area (Å²) in [6.07, 6.45) is 3.93. The number of hydrazone groups is 1. The number of carbonyl (C=O) groups excluding carboxylic acids is 1. The van der Waals surface area contributed by atoms with Gasteiger partial charge in [0.1, 0.15) is 5.03 Å². The van der Waals surface area contributed by atoms with Crippen molar-refractivity contribution in [3.8, 4) is 0 Å². The Balaban J connectivity index is 2.14. The van der Waals surface area contributed by atoms with Gasteiger partial charge in [-0.15, -0.1) is 11.3 Å². The summed E-state index contributed by atoms with van der Waals surface area (Å²) in [6, 6.07) is 1.98. The van der Waals surface area contributed by atoms with Crippen LogP contribution in [0.15, 0.2) is 27.7 Å². The lowest BCUT2D eigenvalue weighted by molar-refractivity contribution is 0.104. The van der Waals surface area contributed by atoms with Gasteiger partial charge in [0.25, 0.3) is 0 Å². The zero-order chi connectivity index (χ0) is 13.8. The first-order valence-corrected chi connectivity index (χ1v) is 8.12. The minimum atomic E-state index is 0.0846. The molecule has 3 nitrogen and oxygen atoms in total. The van der Waals surface area contributed by atoms with E-state index in [0.29, 0.717) is 0 Å². The summed E-state index contributed by atoms with van der Waals surface area (Å²) in [5.74, 6) is 0.0846. The molecule has 0 unspecified atom stereocenters. The minimum Gasteiger partial charge on any atom is -0.288 e. The second kappa shape index (κ2) is 6.39. The SMILES string of the molecule is CCCCN1N=C(C)S/C1=C\C(=O)c1sccc1C. The summed E-state index contributed by atoms with van der Waals surface area (Å²) >= 11 is 3.08. The lowest BCUT2D eigenvalue weighted by Crippen LogP contribution is -2.14.